The molecule has 0 aliphatic carbocycles. The van der Waals surface area contributed by atoms with Crippen molar-refractivity contribution in [2.45, 2.75) is 6.54 Å². The summed E-state index contributed by atoms with van der Waals surface area (Å²) in [4.78, 5) is 18.5. The van der Waals surface area contributed by atoms with Gasteiger partial charge in [0.1, 0.15) is 17.5 Å². The number of carbonyl (C=O) groups excluding carboxylic acids is 1. The van der Waals surface area contributed by atoms with E-state index in [1.54, 1.807) is 6.20 Å². The molecule has 0 atom stereocenters. The number of morpholine rings is 1. The Balaban J connectivity index is 1.59. The van der Waals surface area contributed by atoms with Crippen LogP contribution in [0.15, 0.2) is 36.5 Å². The number of nitrogens with zero attached hydrogens (tertiary/aromatic N) is 2. The van der Waals surface area contributed by atoms with Crippen LogP contribution in [0.25, 0.3) is 0 Å². The molecule has 0 unspecified atom stereocenters. The Hall–Kier alpha value is -2.54. The van der Waals surface area contributed by atoms with Crippen molar-refractivity contribution in [2.75, 3.05) is 31.2 Å². The number of benzene rings is 1. The van der Waals surface area contributed by atoms with Crippen LogP contribution in [0.4, 0.5) is 14.6 Å². The van der Waals surface area contributed by atoms with Gasteiger partial charge in [0.25, 0.3) is 5.91 Å². The summed E-state index contributed by atoms with van der Waals surface area (Å²) in [7, 11) is 0. The Bertz CT molecular complexity index is 696. The van der Waals surface area contributed by atoms with Crippen molar-refractivity contribution >= 4 is 11.7 Å². The lowest BCUT2D eigenvalue weighted by molar-refractivity contribution is 0.0950. The topological polar surface area (TPSA) is 54.5 Å². The van der Waals surface area contributed by atoms with Crippen LogP contribution in [-0.2, 0) is 11.3 Å². The van der Waals surface area contributed by atoms with Gasteiger partial charge in [-0.1, -0.05) is 6.07 Å². The third kappa shape index (κ3) is 4.05. The maximum absolute atomic E-state index is 13.1. The van der Waals surface area contributed by atoms with Crippen LogP contribution in [-0.4, -0.2) is 37.2 Å². The summed E-state index contributed by atoms with van der Waals surface area (Å²) < 4.78 is 31.6. The molecule has 3 rings (SSSR count). The first kappa shape index (κ1) is 16.3. The van der Waals surface area contributed by atoms with Gasteiger partial charge in [0.15, 0.2) is 0 Å². The molecule has 1 aromatic carbocycles. The van der Waals surface area contributed by atoms with Gasteiger partial charge in [0, 0.05) is 37.5 Å². The van der Waals surface area contributed by atoms with Crippen LogP contribution in [0.1, 0.15) is 15.9 Å². The fourth-order valence-corrected chi connectivity index (χ4v) is 2.47. The molecule has 0 saturated carbocycles. The molecular weight excluding hydrogens is 316 g/mol. The zero-order valence-electron chi connectivity index (χ0n) is 13.0. The number of hydrogen-bond acceptors (Lipinski definition) is 4. The number of carbonyl (C=O) groups is 1. The van der Waals surface area contributed by atoms with Gasteiger partial charge in [-0.2, -0.15) is 0 Å². The highest BCUT2D eigenvalue weighted by atomic mass is 19.1. The van der Waals surface area contributed by atoms with Gasteiger partial charge in [-0.3, -0.25) is 4.79 Å². The summed E-state index contributed by atoms with van der Waals surface area (Å²) >= 11 is 0. The molecule has 0 spiro atoms. The molecule has 5 nitrogen and oxygen atoms in total. The average Bonchev–Trinajstić information content (AvgIpc) is 2.60. The number of ether oxygens (including phenoxy) is 1. The minimum Gasteiger partial charge on any atom is -0.378 e. The molecule has 1 fully saturated rings. The number of rotatable bonds is 4. The number of aromatic nitrogens is 1. The number of hydrogen-bond donors (Lipinski definition) is 1. The highest BCUT2D eigenvalue weighted by molar-refractivity contribution is 5.94. The molecule has 24 heavy (non-hydrogen) atoms. The van der Waals surface area contributed by atoms with Crippen LogP contribution in [0.3, 0.4) is 0 Å². The minimum absolute atomic E-state index is 0.0506. The number of nitrogens with one attached hydrogen (secondary N) is 1. The lowest BCUT2D eigenvalue weighted by Crippen LogP contribution is -2.36. The van der Waals surface area contributed by atoms with Gasteiger partial charge in [0.2, 0.25) is 0 Å². The summed E-state index contributed by atoms with van der Waals surface area (Å²) in [5.74, 6) is -1.24. The summed E-state index contributed by atoms with van der Waals surface area (Å²) in [6.07, 6.45) is 1.68. The largest absolute Gasteiger partial charge is 0.378 e. The van der Waals surface area contributed by atoms with Crippen molar-refractivity contribution in [3.05, 3.63) is 59.3 Å². The molecule has 1 aliphatic rings. The highest BCUT2D eigenvalue weighted by Crippen LogP contribution is 2.13. The highest BCUT2D eigenvalue weighted by Gasteiger charge is 2.12. The predicted molar refractivity (Wildman–Crippen MR) is 84.8 cm³/mol. The van der Waals surface area contributed by atoms with Crippen LogP contribution < -0.4 is 10.2 Å². The fourth-order valence-electron chi connectivity index (χ4n) is 2.47. The summed E-state index contributed by atoms with van der Waals surface area (Å²) in [5.41, 5.74) is 0.752. The first-order chi connectivity index (χ1) is 11.6. The van der Waals surface area contributed by atoms with Crippen molar-refractivity contribution in [2.24, 2.45) is 0 Å². The van der Waals surface area contributed by atoms with E-state index in [0.29, 0.717) is 13.2 Å². The van der Waals surface area contributed by atoms with E-state index in [0.717, 1.165) is 42.7 Å². The Morgan fingerprint density at radius 2 is 1.88 bits per heavy atom. The second-order valence-corrected chi connectivity index (χ2v) is 5.46. The molecule has 1 aromatic heterocycles. The fraction of sp³-hybridized carbons (Fsp3) is 0.294. The zero-order valence-corrected chi connectivity index (χ0v) is 13.0. The lowest BCUT2D eigenvalue weighted by atomic mass is 10.2. The van der Waals surface area contributed by atoms with Crippen molar-refractivity contribution in [3.63, 3.8) is 0 Å². The van der Waals surface area contributed by atoms with Gasteiger partial charge in [0.05, 0.1) is 13.2 Å². The predicted octanol–water partition coefficient (Wildman–Crippen LogP) is 2.13. The van der Waals surface area contributed by atoms with E-state index in [4.69, 9.17) is 4.74 Å². The Kier molecular flexibility index (Phi) is 5.00. The van der Waals surface area contributed by atoms with Crippen molar-refractivity contribution in [3.8, 4) is 0 Å². The van der Waals surface area contributed by atoms with E-state index in [1.165, 1.54) is 0 Å². The summed E-state index contributed by atoms with van der Waals surface area (Å²) in [5, 5.41) is 2.62. The van der Waals surface area contributed by atoms with Gasteiger partial charge in [-0.25, -0.2) is 13.8 Å². The molecule has 1 N–H and O–H groups in total. The van der Waals surface area contributed by atoms with Crippen molar-refractivity contribution < 1.29 is 18.3 Å². The molecule has 2 heterocycles. The summed E-state index contributed by atoms with van der Waals surface area (Å²) in [6, 6.07) is 6.47. The van der Waals surface area contributed by atoms with Crippen molar-refractivity contribution in [1.82, 2.24) is 10.3 Å². The quantitative estimate of drug-likeness (QED) is 0.931. The smallest absolute Gasteiger partial charge is 0.251 e. The third-order valence-electron chi connectivity index (χ3n) is 3.72. The van der Waals surface area contributed by atoms with Crippen molar-refractivity contribution in [1.29, 1.82) is 0 Å². The van der Waals surface area contributed by atoms with Gasteiger partial charge in [-0.05, 0) is 23.8 Å². The first-order valence-electron chi connectivity index (χ1n) is 7.64. The normalized spacial score (nSPS) is 14.5. The zero-order chi connectivity index (χ0) is 16.9. The van der Waals surface area contributed by atoms with Crippen LogP contribution in [0.2, 0.25) is 0 Å². The summed E-state index contributed by atoms with van der Waals surface area (Å²) in [6.45, 7) is 3.20. The molecule has 0 radical (unpaired) electrons. The monoisotopic (exact) mass is 333 g/mol. The van der Waals surface area contributed by atoms with E-state index in [-0.39, 0.29) is 12.1 Å². The first-order valence-corrected chi connectivity index (χ1v) is 7.64. The maximum atomic E-state index is 13.1. The van der Waals surface area contributed by atoms with Gasteiger partial charge >= 0.3 is 0 Å². The minimum atomic E-state index is -0.781. The number of pyridine rings is 1. The number of anilines is 1. The SMILES string of the molecule is O=C(NCc1ccc(N2CCOCC2)nc1)c1cc(F)cc(F)c1. The Labute approximate surface area is 138 Å². The number of amides is 1. The van der Waals surface area contributed by atoms with Gasteiger partial charge < -0.3 is 15.0 Å². The maximum Gasteiger partial charge on any atom is 0.251 e. The molecule has 1 aliphatic heterocycles. The second-order valence-electron chi connectivity index (χ2n) is 5.46. The van der Waals surface area contributed by atoms with E-state index < -0.39 is 17.5 Å². The average molecular weight is 333 g/mol. The lowest BCUT2D eigenvalue weighted by Gasteiger charge is -2.27. The van der Waals surface area contributed by atoms with Crippen LogP contribution in [0.5, 0.6) is 0 Å². The molecule has 1 saturated heterocycles. The van der Waals surface area contributed by atoms with E-state index in [2.05, 4.69) is 15.2 Å². The van der Waals surface area contributed by atoms with Crippen LogP contribution >= 0.6 is 0 Å². The third-order valence-corrected chi connectivity index (χ3v) is 3.72. The molecule has 0 bridgehead atoms. The van der Waals surface area contributed by atoms with E-state index in [9.17, 15) is 13.6 Å². The Morgan fingerprint density at radius 3 is 2.50 bits per heavy atom. The standard InChI is InChI=1S/C17H17F2N3O2/c18-14-7-13(8-15(19)9-14)17(23)21-11-12-1-2-16(20-10-12)22-3-5-24-6-4-22/h1-2,7-10H,3-6,11H2,(H,21,23). The second kappa shape index (κ2) is 7.35. The number of halogens is 2. The Morgan fingerprint density at radius 1 is 1.17 bits per heavy atom. The molecule has 126 valence electrons. The van der Waals surface area contributed by atoms with E-state index in [1.807, 2.05) is 12.1 Å². The molecular formula is C17H17F2N3O2. The van der Waals surface area contributed by atoms with Crippen LogP contribution in [0, 0.1) is 11.6 Å². The van der Waals surface area contributed by atoms with E-state index >= 15 is 0 Å². The molecule has 1 amide bonds. The molecule has 2 aromatic rings. The van der Waals surface area contributed by atoms with Gasteiger partial charge in [-0.15, -0.1) is 0 Å². The molecule has 7 heteroatoms.